The number of anilines is 2. The number of benzene rings is 2. The molecule has 0 aliphatic carbocycles. The van der Waals surface area contributed by atoms with Gasteiger partial charge in [0.25, 0.3) is 5.56 Å². The lowest BCUT2D eigenvalue weighted by Gasteiger charge is -2.24. The molecule has 0 unspecified atom stereocenters. The molecule has 164 valence electrons. The van der Waals surface area contributed by atoms with E-state index in [2.05, 4.69) is 26.7 Å². The number of aryl methyl sites for hydroxylation is 2. The van der Waals surface area contributed by atoms with E-state index in [0.29, 0.717) is 16.6 Å². The van der Waals surface area contributed by atoms with Crippen LogP contribution < -0.4 is 16.2 Å². The van der Waals surface area contributed by atoms with Crippen molar-refractivity contribution in [2.24, 2.45) is 0 Å². The van der Waals surface area contributed by atoms with Crippen LogP contribution in [0.4, 0.5) is 11.5 Å². The molecule has 2 aromatic carbocycles. The predicted octanol–water partition coefficient (Wildman–Crippen LogP) is 4.00. The maximum absolute atomic E-state index is 13.0. The summed E-state index contributed by atoms with van der Waals surface area (Å²) in [4.78, 5) is 45.5. The average Bonchev–Trinajstić information content (AvgIpc) is 2.77. The lowest BCUT2D eigenvalue weighted by Crippen LogP contribution is -2.36. The number of carbonyl (C=O) groups excluding carboxylic acids is 2. The first-order chi connectivity index (χ1) is 15.4. The van der Waals surface area contributed by atoms with Gasteiger partial charge in [-0.1, -0.05) is 66.7 Å². The molecule has 32 heavy (non-hydrogen) atoms. The number of carbonyl (C=O) groups is 2. The molecule has 4 rings (SSSR count). The Kier molecular flexibility index (Phi) is 6.41. The summed E-state index contributed by atoms with van der Waals surface area (Å²) in [6.07, 6.45) is 0.648. The molecule has 2 amide bonds. The van der Waals surface area contributed by atoms with Crippen molar-refractivity contribution in [3.05, 3.63) is 81.1 Å². The first-order valence-corrected chi connectivity index (χ1v) is 11.4. The van der Waals surface area contributed by atoms with Gasteiger partial charge in [0.1, 0.15) is 5.82 Å². The van der Waals surface area contributed by atoms with E-state index in [4.69, 9.17) is 0 Å². The van der Waals surface area contributed by atoms with Gasteiger partial charge in [-0.3, -0.25) is 14.4 Å². The van der Waals surface area contributed by atoms with Crippen molar-refractivity contribution in [2.45, 2.75) is 43.5 Å². The van der Waals surface area contributed by atoms with Crippen LogP contribution in [0.25, 0.3) is 0 Å². The number of aromatic amines is 1. The highest BCUT2D eigenvalue weighted by molar-refractivity contribution is 7.98. The third-order valence-electron chi connectivity index (χ3n) is 5.36. The molecule has 0 saturated carbocycles. The number of para-hydroxylation sites is 1. The van der Waals surface area contributed by atoms with E-state index >= 15 is 0 Å². The van der Waals surface area contributed by atoms with E-state index in [1.807, 2.05) is 56.3 Å². The summed E-state index contributed by atoms with van der Waals surface area (Å²) in [7, 11) is 0. The Hall–Kier alpha value is -3.39. The maximum Gasteiger partial charge on any atom is 0.257 e. The molecular formula is C24H24N4O3S. The monoisotopic (exact) mass is 448 g/mol. The van der Waals surface area contributed by atoms with Crippen LogP contribution in [0.5, 0.6) is 0 Å². The third-order valence-corrected chi connectivity index (χ3v) is 6.30. The first kappa shape index (κ1) is 21.8. The second-order valence-electron chi connectivity index (χ2n) is 7.72. The van der Waals surface area contributed by atoms with Gasteiger partial charge in [0.05, 0.1) is 11.5 Å². The summed E-state index contributed by atoms with van der Waals surface area (Å²) >= 11 is 1.37. The third kappa shape index (κ3) is 4.75. The fourth-order valence-electron chi connectivity index (χ4n) is 3.77. The van der Waals surface area contributed by atoms with Crippen LogP contribution in [0.15, 0.2) is 58.5 Å². The molecule has 8 heteroatoms. The Morgan fingerprint density at radius 3 is 2.78 bits per heavy atom. The van der Waals surface area contributed by atoms with E-state index in [9.17, 15) is 14.4 Å². The maximum atomic E-state index is 13.0. The number of hydrogen-bond donors (Lipinski definition) is 3. The van der Waals surface area contributed by atoms with E-state index in [1.165, 1.54) is 11.8 Å². The number of H-pyrrole nitrogens is 1. The summed E-state index contributed by atoms with van der Waals surface area (Å²) in [6.45, 7) is 4.02. The molecule has 3 aromatic rings. The summed E-state index contributed by atoms with van der Waals surface area (Å²) in [5, 5.41) is 5.93. The SMILES string of the molecule is CCc1ccccc1NC(=O)[C@@H]1CC(=O)Nc2nc(SCc3cccc(C)c3)[nH]c(=O)c21. The molecule has 1 aliphatic rings. The van der Waals surface area contributed by atoms with Crippen LogP contribution in [0.2, 0.25) is 0 Å². The van der Waals surface area contributed by atoms with Crippen LogP contribution >= 0.6 is 11.8 Å². The minimum Gasteiger partial charge on any atom is -0.325 e. The van der Waals surface area contributed by atoms with E-state index in [1.54, 1.807) is 0 Å². The minimum atomic E-state index is -0.907. The van der Waals surface area contributed by atoms with Gasteiger partial charge in [-0.25, -0.2) is 4.98 Å². The zero-order valence-corrected chi connectivity index (χ0v) is 18.7. The minimum absolute atomic E-state index is 0.104. The van der Waals surface area contributed by atoms with Gasteiger partial charge >= 0.3 is 0 Å². The number of aromatic nitrogens is 2. The average molecular weight is 449 g/mol. The second-order valence-corrected chi connectivity index (χ2v) is 8.68. The van der Waals surface area contributed by atoms with Gasteiger partial charge in [0.2, 0.25) is 11.8 Å². The van der Waals surface area contributed by atoms with Crippen molar-refractivity contribution in [1.29, 1.82) is 0 Å². The number of hydrogen-bond acceptors (Lipinski definition) is 5. The van der Waals surface area contributed by atoms with Gasteiger partial charge in [0, 0.05) is 17.9 Å². The van der Waals surface area contributed by atoms with Gasteiger partial charge in [-0.2, -0.15) is 0 Å². The predicted molar refractivity (Wildman–Crippen MR) is 126 cm³/mol. The Balaban J connectivity index is 1.58. The summed E-state index contributed by atoms with van der Waals surface area (Å²) in [5.41, 5.74) is 3.70. The Morgan fingerprint density at radius 1 is 1.19 bits per heavy atom. The summed E-state index contributed by atoms with van der Waals surface area (Å²) in [6, 6.07) is 15.6. The van der Waals surface area contributed by atoms with Crippen molar-refractivity contribution >= 4 is 35.1 Å². The molecule has 1 atom stereocenters. The van der Waals surface area contributed by atoms with Gasteiger partial charge < -0.3 is 15.6 Å². The fourth-order valence-corrected chi connectivity index (χ4v) is 4.57. The molecule has 3 N–H and O–H groups in total. The number of amides is 2. The first-order valence-electron chi connectivity index (χ1n) is 10.5. The van der Waals surface area contributed by atoms with Gasteiger partial charge in [-0.05, 0) is 30.5 Å². The van der Waals surface area contributed by atoms with Crippen LogP contribution in [-0.2, 0) is 21.8 Å². The largest absolute Gasteiger partial charge is 0.325 e. The molecule has 7 nitrogen and oxygen atoms in total. The Labute approximate surface area is 190 Å². The van der Waals surface area contributed by atoms with E-state index in [0.717, 1.165) is 23.1 Å². The van der Waals surface area contributed by atoms with Crippen molar-refractivity contribution < 1.29 is 9.59 Å². The Morgan fingerprint density at radius 2 is 2.00 bits per heavy atom. The van der Waals surface area contributed by atoms with Crippen molar-refractivity contribution in [1.82, 2.24) is 9.97 Å². The molecule has 0 radical (unpaired) electrons. The number of nitrogens with one attached hydrogen (secondary N) is 3. The van der Waals surface area contributed by atoms with Crippen molar-refractivity contribution in [2.75, 3.05) is 10.6 Å². The zero-order chi connectivity index (χ0) is 22.7. The molecular weight excluding hydrogens is 424 g/mol. The highest BCUT2D eigenvalue weighted by Crippen LogP contribution is 2.31. The fraction of sp³-hybridized carbons (Fsp3) is 0.250. The second kappa shape index (κ2) is 9.40. The molecule has 1 aliphatic heterocycles. The normalized spacial score (nSPS) is 15.1. The van der Waals surface area contributed by atoms with E-state index < -0.39 is 17.4 Å². The molecule has 0 bridgehead atoms. The van der Waals surface area contributed by atoms with Crippen LogP contribution in [0, 0.1) is 6.92 Å². The number of rotatable bonds is 6. The van der Waals surface area contributed by atoms with Crippen LogP contribution in [-0.4, -0.2) is 21.8 Å². The molecule has 0 fully saturated rings. The number of fused-ring (bicyclic) bond motifs is 1. The van der Waals surface area contributed by atoms with Crippen molar-refractivity contribution in [3.8, 4) is 0 Å². The standard InChI is InChI=1S/C24H24N4O3S/c1-3-16-9-4-5-10-18(16)25-22(30)17-12-19(29)26-21-20(17)23(31)28-24(27-21)32-13-15-8-6-7-14(2)11-15/h4-11,17H,3,12-13H2,1-2H3,(H,25,30)(H2,26,27,28,29,31)/t17-/m1/s1. The number of nitrogens with zero attached hydrogens (tertiary/aromatic N) is 1. The van der Waals surface area contributed by atoms with Gasteiger partial charge in [0.15, 0.2) is 5.16 Å². The zero-order valence-electron chi connectivity index (χ0n) is 17.9. The van der Waals surface area contributed by atoms with Gasteiger partial charge in [-0.15, -0.1) is 0 Å². The van der Waals surface area contributed by atoms with Crippen molar-refractivity contribution in [3.63, 3.8) is 0 Å². The molecule has 0 spiro atoms. The topological polar surface area (TPSA) is 104 Å². The summed E-state index contributed by atoms with van der Waals surface area (Å²) < 4.78 is 0. The van der Waals surface area contributed by atoms with Crippen LogP contribution in [0.3, 0.4) is 0 Å². The summed E-state index contributed by atoms with van der Waals surface area (Å²) in [5.74, 6) is -0.866. The smallest absolute Gasteiger partial charge is 0.257 e. The van der Waals surface area contributed by atoms with E-state index in [-0.39, 0.29) is 23.7 Å². The lowest BCUT2D eigenvalue weighted by molar-refractivity contribution is -0.123. The number of thioether (sulfide) groups is 1. The van der Waals surface area contributed by atoms with Crippen LogP contribution in [0.1, 0.15) is 41.5 Å². The molecule has 2 heterocycles. The Bertz CT molecular complexity index is 1240. The lowest BCUT2D eigenvalue weighted by atomic mass is 9.92. The molecule has 1 aromatic heterocycles. The molecule has 0 saturated heterocycles. The highest BCUT2D eigenvalue weighted by Gasteiger charge is 2.35. The highest BCUT2D eigenvalue weighted by atomic mass is 32.2. The quantitative estimate of drug-likeness (QED) is 0.391.